The average molecular weight is 146 g/mol. The van der Waals surface area contributed by atoms with E-state index in [1.165, 1.54) is 0 Å². The molecule has 2 aromatic heterocycles. The molecule has 2 nitrogen and oxygen atoms in total. The van der Waals surface area contributed by atoms with Crippen molar-refractivity contribution in [2.75, 3.05) is 0 Å². The van der Waals surface area contributed by atoms with Crippen molar-refractivity contribution in [3.8, 4) is 5.88 Å². The maximum absolute atomic E-state index is 11.3. The van der Waals surface area contributed by atoms with E-state index in [9.17, 15) is 5.11 Å². The number of rotatable bonds is 0. The van der Waals surface area contributed by atoms with E-state index in [0.29, 0.717) is 0 Å². The normalized spacial score (nSPS) is 10.6. The van der Waals surface area contributed by atoms with Gasteiger partial charge in [0.2, 0.25) is 0 Å². The fourth-order valence-electron chi connectivity index (χ4n) is 1.23. The smallest absolute Gasteiger partial charge is 0.0445 e. The molecule has 0 aliphatic carbocycles. The van der Waals surface area contributed by atoms with Crippen LogP contribution in [0.5, 0.6) is 5.88 Å². The lowest BCUT2D eigenvalue weighted by Gasteiger charge is -2.06. The monoisotopic (exact) mass is 146 g/mol. The second-order valence-electron chi connectivity index (χ2n) is 2.63. The summed E-state index contributed by atoms with van der Waals surface area (Å²) in [6.07, 6.45) is 1.78. The van der Waals surface area contributed by atoms with Gasteiger partial charge in [-0.2, -0.15) is 0 Å². The minimum absolute atomic E-state index is 0.0839. The summed E-state index contributed by atoms with van der Waals surface area (Å²) in [5, 5.41) is 11.3. The number of aromatic nitrogens is 1. The second kappa shape index (κ2) is 2.02. The molecule has 0 aromatic carbocycles. The van der Waals surface area contributed by atoms with Gasteiger partial charge in [0.1, 0.15) is 0 Å². The Bertz CT molecular complexity index is 389. The van der Waals surface area contributed by atoms with Crippen LogP contribution >= 0.6 is 0 Å². The van der Waals surface area contributed by atoms with E-state index in [1.807, 2.05) is 31.2 Å². The molecule has 11 heavy (non-hydrogen) atoms. The summed E-state index contributed by atoms with van der Waals surface area (Å²) in [7, 11) is 0. The zero-order chi connectivity index (χ0) is 7.84. The van der Waals surface area contributed by atoms with Gasteiger partial charge in [-0.3, -0.25) is 0 Å². The number of pyridine rings is 1. The van der Waals surface area contributed by atoms with Crippen LogP contribution in [0.2, 0.25) is 0 Å². The second-order valence-corrected chi connectivity index (χ2v) is 2.63. The SMILES string of the molecule is Cc1cc2ccccn2c1[O-]. The highest BCUT2D eigenvalue weighted by Gasteiger charge is 1.94. The highest BCUT2D eigenvalue weighted by atomic mass is 16.3. The molecule has 0 saturated heterocycles. The molecular formula is C9H8NO-. The molecular weight excluding hydrogens is 138 g/mol. The first kappa shape index (κ1) is 6.28. The van der Waals surface area contributed by atoms with Crippen LogP contribution in [-0.4, -0.2) is 4.40 Å². The lowest BCUT2D eigenvalue weighted by molar-refractivity contribution is -0.276. The van der Waals surface area contributed by atoms with Gasteiger partial charge in [0, 0.05) is 11.7 Å². The molecule has 0 bridgehead atoms. The van der Waals surface area contributed by atoms with Crippen LogP contribution in [-0.2, 0) is 0 Å². The molecule has 56 valence electrons. The summed E-state index contributed by atoms with van der Waals surface area (Å²) < 4.78 is 1.65. The first-order valence-corrected chi connectivity index (χ1v) is 3.53. The molecule has 2 heteroatoms. The number of nitrogens with zero attached hydrogens (tertiary/aromatic N) is 1. The van der Waals surface area contributed by atoms with Gasteiger partial charge < -0.3 is 9.51 Å². The third-order valence-corrected chi connectivity index (χ3v) is 1.81. The van der Waals surface area contributed by atoms with Crippen LogP contribution in [0.25, 0.3) is 5.52 Å². The van der Waals surface area contributed by atoms with Crippen molar-refractivity contribution >= 4 is 5.52 Å². The fraction of sp³-hybridized carbons (Fsp3) is 0.111. The quantitative estimate of drug-likeness (QED) is 0.550. The third-order valence-electron chi connectivity index (χ3n) is 1.81. The van der Waals surface area contributed by atoms with Gasteiger partial charge >= 0.3 is 0 Å². The largest absolute Gasteiger partial charge is 0.860 e. The summed E-state index contributed by atoms with van der Waals surface area (Å²) in [4.78, 5) is 0. The summed E-state index contributed by atoms with van der Waals surface area (Å²) >= 11 is 0. The van der Waals surface area contributed by atoms with Crippen molar-refractivity contribution in [2.45, 2.75) is 6.92 Å². The standard InChI is InChI=1S/C9H9NO/c1-7-6-8-4-2-3-5-10(8)9(7)11/h2-6,11H,1H3/p-1. The maximum Gasteiger partial charge on any atom is 0.0445 e. The molecule has 0 N–H and O–H groups in total. The molecule has 0 amide bonds. The Morgan fingerprint density at radius 3 is 2.91 bits per heavy atom. The van der Waals surface area contributed by atoms with E-state index in [-0.39, 0.29) is 5.88 Å². The zero-order valence-corrected chi connectivity index (χ0v) is 6.24. The first-order valence-electron chi connectivity index (χ1n) is 3.53. The van der Waals surface area contributed by atoms with Crippen molar-refractivity contribution in [1.29, 1.82) is 0 Å². The van der Waals surface area contributed by atoms with Crippen molar-refractivity contribution in [1.82, 2.24) is 4.40 Å². The van der Waals surface area contributed by atoms with Crippen molar-refractivity contribution in [2.24, 2.45) is 0 Å². The van der Waals surface area contributed by atoms with Gasteiger partial charge in [-0.15, -0.1) is 0 Å². The molecule has 0 aliphatic heterocycles. The Balaban J connectivity index is 2.92. The number of fused-ring (bicyclic) bond motifs is 1. The molecule has 2 aromatic rings. The molecule has 0 radical (unpaired) electrons. The van der Waals surface area contributed by atoms with Gasteiger partial charge in [-0.25, -0.2) is 0 Å². The highest BCUT2D eigenvalue weighted by Crippen LogP contribution is 2.17. The minimum Gasteiger partial charge on any atom is -0.860 e. The third kappa shape index (κ3) is 0.792. The van der Waals surface area contributed by atoms with Crippen LogP contribution in [0.3, 0.4) is 0 Å². The fourth-order valence-corrected chi connectivity index (χ4v) is 1.23. The lowest BCUT2D eigenvalue weighted by Crippen LogP contribution is -1.95. The molecule has 0 aliphatic rings. The lowest BCUT2D eigenvalue weighted by atomic mass is 10.3. The maximum atomic E-state index is 11.3. The summed E-state index contributed by atoms with van der Waals surface area (Å²) in [6.45, 7) is 1.83. The van der Waals surface area contributed by atoms with Crippen LogP contribution in [0, 0.1) is 6.92 Å². The van der Waals surface area contributed by atoms with E-state index < -0.39 is 0 Å². The molecule has 0 atom stereocenters. The van der Waals surface area contributed by atoms with Crippen molar-refractivity contribution in [3.63, 3.8) is 0 Å². The molecule has 2 heterocycles. The Morgan fingerprint density at radius 1 is 1.36 bits per heavy atom. The van der Waals surface area contributed by atoms with E-state index in [2.05, 4.69) is 0 Å². The summed E-state index contributed by atoms with van der Waals surface area (Å²) in [5.41, 5.74) is 1.77. The van der Waals surface area contributed by atoms with Crippen molar-refractivity contribution < 1.29 is 5.11 Å². The molecule has 0 unspecified atom stereocenters. The average Bonchev–Trinajstić information content (AvgIpc) is 2.30. The Kier molecular flexibility index (Phi) is 1.15. The predicted molar refractivity (Wildman–Crippen MR) is 41.6 cm³/mol. The summed E-state index contributed by atoms with van der Waals surface area (Å²) in [6, 6.07) is 7.60. The van der Waals surface area contributed by atoms with Crippen LogP contribution in [0.1, 0.15) is 5.56 Å². The van der Waals surface area contributed by atoms with E-state index in [0.717, 1.165) is 11.1 Å². The Labute approximate surface area is 64.7 Å². The highest BCUT2D eigenvalue weighted by molar-refractivity contribution is 5.54. The van der Waals surface area contributed by atoms with Gasteiger partial charge in [-0.1, -0.05) is 6.07 Å². The van der Waals surface area contributed by atoms with Crippen LogP contribution in [0.4, 0.5) is 0 Å². The Morgan fingerprint density at radius 2 is 2.18 bits per heavy atom. The predicted octanol–water partition coefficient (Wildman–Crippen LogP) is 1.32. The van der Waals surface area contributed by atoms with Gasteiger partial charge in [0.25, 0.3) is 0 Å². The van der Waals surface area contributed by atoms with Crippen molar-refractivity contribution in [3.05, 3.63) is 36.0 Å². The van der Waals surface area contributed by atoms with Crippen LogP contribution < -0.4 is 5.11 Å². The van der Waals surface area contributed by atoms with Gasteiger partial charge in [-0.05, 0) is 36.6 Å². The Hall–Kier alpha value is -1.44. The molecule has 0 fully saturated rings. The summed E-state index contributed by atoms with van der Waals surface area (Å²) in [5.74, 6) is 0.0839. The minimum atomic E-state index is 0.0839. The number of hydrogen-bond acceptors (Lipinski definition) is 1. The van der Waals surface area contributed by atoms with E-state index in [4.69, 9.17) is 0 Å². The van der Waals surface area contributed by atoms with Crippen LogP contribution in [0.15, 0.2) is 30.5 Å². The van der Waals surface area contributed by atoms with Gasteiger partial charge in [0.05, 0.1) is 0 Å². The number of aryl methyl sites for hydroxylation is 1. The number of hydrogen-bond donors (Lipinski definition) is 0. The molecule has 2 rings (SSSR count). The van der Waals surface area contributed by atoms with Gasteiger partial charge in [0.15, 0.2) is 0 Å². The first-order chi connectivity index (χ1) is 5.29. The molecule has 0 spiro atoms. The van der Waals surface area contributed by atoms with E-state index in [1.54, 1.807) is 10.6 Å². The molecule has 0 saturated carbocycles. The van der Waals surface area contributed by atoms with E-state index >= 15 is 0 Å². The topological polar surface area (TPSA) is 27.5 Å². The zero-order valence-electron chi connectivity index (χ0n) is 6.24.